The second kappa shape index (κ2) is 13.4. The highest BCUT2D eigenvalue weighted by atomic mass is 14.2. The summed E-state index contributed by atoms with van der Waals surface area (Å²) in [6.07, 6.45) is 0.821. The Morgan fingerprint density at radius 3 is 0.902 bits per heavy atom. The summed E-state index contributed by atoms with van der Waals surface area (Å²) in [6.45, 7) is 0. The molecule has 0 radical (unpaired) electrons. The average Bonchev–Trinajstić information content (AvgIpc) is 3.22. The Labute approximate surface area is 300 Å². The monoisotopic (exact) mass is 648 g/mol. The molecule has 0 unspecified atom stereocenters. The summed E-state index contributed by atoms with van der Waals surface area (Å²) in [5.74, 6) is 0. The van der Waals surface area contributed by atoms with Gasteiger partial charge in [0.2, 0.25) is 0 Å². The molecule has 0 heteroatoms. The van der Waals surface area contributed by atoms with Crippen molar-refractivity contribution in [3.63, 3.8) is 0 Å². The SMILES string of the molecule is c1ccc(-c2cc(Cc3c4ccccc4c(-c4cc(-c5ccccc5)cc(-c5ccccc5)c4)c4ccccc34)cc(-c3ccccc3)c2)cc1. The van der Waals surface area contributed by atoms with Gasteiger partial charge in [-0.1, -0.05) is 182 Å². The number of fused-ring (bicyclic) bond motifs is 2. The fourth-order valence-corrected chi connectivity index (χ4v) is 7.68. The minimum absolute atomic E-state index is 0.821. The lowest BCUT2D eigenvalue weighted by molar-refractivity contribution is 1.23. The maximum atomic E-state index is 2.38. The topological polar surface area (TPSA) is 0 Å². The third-order valence-corrected chi connectivity index (χ3v) is 10.1. The van der Waals surface area contributed by atoms with Crippen molar-refractivity contribution in [1.29, 1.82) is 0 Å². The molecule has 0 saturated heterocycles. The van der Waals surface area contributed by atoms with Crippen molar-refractivity contribution in [2.24, 2.45) is 0 Å². The van der Waals surface area contributed by atoms with Crippen molar-refractivity contribution < 1.29 is 0 Å². The van der Waals surface area contributed by atoms with E-state index in [4.69, 9.17) is 0 Å². The third kappa shape index (κ3) is 6.03. The Morgan fingerprint density at radius 2 is 0.529 bits per heavy atom. The molecule has 0 spiro atoms. The standard InChI is InChI=1S/C51H36/c1-5-17-37(18-6-1)41-29-36(30-42(32-41)38-19-7-2-8-20-38)31-50-46-25-13-15-27-48(46)51(49-28-16-14-26-47(49)50)45-34-43(39-21-9-3-10-22-39)33-44(35-45)40-23-11-4-12-24-40/h1-30,32-35H,31H2. The van der Waals surface area contributed by atoms with Crippen LogP contribution < -0.4 is 0 Å². The zero-order valence-corrected chi connectivity index (χ0v) is 28.3. The van der Waals surface area contributed by atoms with Crippen molar-refractivity contribution in [2.75, 3.05) is 0 Å². The maximum absolute atomic E-state index is 2.38. The summed E-state index contributed by atoms with van der Waals surface area (Å²) in [5, 5.41) is 5.14. The molecule has 240 valence electrons. The summed E-state index contributed by atoms with van der Waals surface area (Å²) in [5.41, 5.74) is 15.0. The van der Waals surface area contributed by atoms with E-state index in [1.54, 1.807) is 0 Å². The molecule has 9 aromatic carbocycles. The summed E-state index contributed by atoms with van der Waals surface area (Å²) in [6, 6.07) is 75.2. The quantitative estimate of drug-likeness (QED) is 0.151. The van der Waals surface area contributed by atoms with Gasteiger partial charge in [-0.25, -0.2) is 0 Å². The minimum atomic E-state index is 0.821. The van der Waals surface area contributed by atoms with Gasteiger partial charge < -0.3 is 0 Å². The van der Waals surface area contributed by atoms with Gasteiger partial charge in [0, 0.05) is 0 Å². The Morgan fingerprint density at radius 1 is 0.235 bits per heavy atom. The second-order valence-corrected chi connectivity index (χ2v) is 13.3. The van der Waals surface area contributed by atoms with Gasteiger partial charge >= 0.3 is 0 Å². The highest BCUT2D eigenvalue weighted by Crippen LogP contribution is 2.43. The van der Waals surface area contributed by atoms with Crippen LogP contribution in [0.25, 0.3) is 77.2 Å². The van der Waals surface area contributed by atoms with Crippen LogP contribution in [-0.4, -0.2) is 0 Å². The number of rotatable bonds is 7. The van der Waals surface area contributed by atoms with E-state index in [0.717, 1.165) is 6.42 Å². The molecule has 0 fully saturated rings. The van der Waals surface area contributed by atoms with E-state index in [-0.39, 0.29) is 0 Å². The van der Waals surface area contributed by atoms with Gasteiger partial charge in [0.15, 0.2) is 0 Å². The average molecular weight is 649 g/mol. The molecule has 0 aliphatic heterocycles. The van der Waals surface area contributed by atoms with E-state index in [1.807, 2.05) is 0 Å². The van der Waals surface area contributed by atoms with Gasteiger partial charge in [0.05, 0.1) is 0 Å². The lowest BCUT2D eigenvalue weighted by Gasteiger charge is -2.19. The fourth-order valence-electron chi connectivity index (χ4n) is 7.68. The van der Waals surface area contributed by atoms with Gasteiger partial charge in [0.1, 0.15) is 0 Å². The molecular formula is C51H36. The molecule has 0 aliphatic carbocycles. The number of hydrogen-bond acceptors (Lipinski definition) is 0. The molecule has 0 heterocycles. The highest BCUT2D eigenvalue weighted by Gasteiger charge is 2.18. The number of benzene rings is 9. The predicted molar refractivity (Wildman–Crippen MR) is 218 cm³/mol. The van der Waals surface area contributed by atoms with Crippen LogP contribution in [0.15, 0.2) is 206 Å². The molecule has 51 heavy (non-hydrogen) atoms. The maximum Gasteiger partial charge on any atom is -0.00130 e. The van der Waals surface area contributed by atoms with E-state index in [2.05, 4.69) is 206 Å². The first-order valence-electron chi connectivity index (χ1n) is 17.7. The van der Waals surface area contributed by atoms with E-state index < -0.39 is 0 Å². The minimum Gasteiger partial charge on any atom is -0.0622 e. The molecule has 0 amide bonds. The zero-order valence-electron chi connectivity index (χ0n) is 28.3. The molecule has 0 N–H and O–H groups in total. The Balaban J connectivity index is 1.27. The smallest absolute Gasteiger partial charge is 0.00130 e. The van der Waals surface area contributed by atoms with E-state index in [0.29, 0.717) is 0 Å². The summed E-state index contributed by atoms with van der Waals surface area (Å²) in [4.78, 5) is 0. The normalized spacial score (nSPS) is 11.2. The third-order valence-electron chi connectivity index (χ3n) is 10.1. The van der Waals surface area contributed by atoms with Crippen LogP contribution >= 0.6 is 0 Å². The van der Waals surface area contributed by atoms with Crippen molar-refractivity contribution in [3.05, 3.63) is 217 Å². The molecule has 0 nitrogen and oxygen atoms in total. The van der Waals surface area contributed by atoms with Crippen molar-refractivity contribution in [2.45, 2.75) is 6.42 Å². The van der Waals surface area contributed by atoms with Crippen LogP contribution in [0.2, 0.25) is 0 Å². The summed E-state index contributed by atoms with van der Waals surface area (Å²) < 4.78 is 0. The lowest BCUT2D eigenvalue weighted by atomic mass is 9.84. The molecule has 0 saturated carbocycles. The van der Waals surface area contributed by atoms with Crippen LogP contribution in [0.4, 0.5) is 0 Å². The zero-order chi connectivity index (χ0) is 34.0. The molecule has 0 aromatic heterocycles. The molecular weight excluding hydrogens is 613 g/mol. The van der Waals surface area contributed by atoms with E-state index in [1.165, 1.54) is 88.3 Å². The van der Waals surface area contributed by atoms with Crippen LogP contribution in [0, 0.1) is 0 Å². The predicted octanol–water partition coefficient (Wildman–Crippen LogP) is 13.9. The van der Waals surface area contributed by atoms with E-state index >= 15 is 0 Å². The summed E-state index contributed by atoms with van der Waals surface area (Å²) in [7, 11) is 0. The Bertz CT molecular complexity index is 2450. The second-order valence-electron chi connectivity index (χ2n) is 13.3. The fraction of sp³-hybridized carbons (Fsp3) is 0.0196. The Hall–Kier alpha value is -6.50. The van der Waals surface area contributed by atoms with Gasteiger partial charge in [0.25, 0.3) is 0 Å². The molecule has 0 aliphatic rings. The molecule has 9 rings (SSSR count). The van der Waals surface area contributed by atoms with Crippen molar-refractivity contribution in [3.8, 4) is 55.6 Å². The van der Waals surface area contributed by atoms with E-state index in [9.17, 15) is 0 Å². The Kier molecular flexibility index (Phi) is 8.04. The molecule has 9 aromatic rings. The van der Waals surface area contributed by atoms with Crippen LogP contribution in [0.5, 0.6) is 0 Å². The lowest BCUT2D eigenvalue weighted by Crippen LogP contribution is -1.97. The first-order valence-corrected chi connectivity index (χ1v) is 17.7. The van der Waals surface area contributed by atoms with Crippen LogP contribution in [0.3, 0.4) is 0 Å². The first-order chi connectivity index (χ1) is 25.3. The van der Waals surface area contributed by atoms with Crippen molar-refractivity contribution in [1.82, 2.24) is 0 Å². The van der Waals surface area contributed by atoms with Crippen LogP contribution in [-0.2, 0) is 6.42 Å². The van der Waals surface area contributed by atoms with Crippen LogP contribution in [0.1, 0.15) is 11.1 Å². The first kappa shape index (κ1) is 30.6. The van der Waals surface area contributed by atoms with Gasteiger partial charge in [-0.2, -0.15) is 0 Å². The molecule has 0 bridgehead atoms. The highest BCUT2D eigenvalue weighted by molar-refractivity contribution is 6.15. The van der Waals surface area contributed by atoms with Crippen molar-refractivity contribution >= 4 is 21.5 Å². The number of hydrogen-bond donors (Lipinski definition) is 0. The largest absolute Gasteiger partial charge is 0.0622 e. The van der Waals surface area contributed by atoms with Gasteiger partial charge in [-0.05, 0) is 119 Å². The molecule has 0 atom stereocenters. The van der Waals surface area contributed by atoms with Gasteiger partial charge in [-0.15, -0.1) is 0 Å². The van der Waals surface area contributed by atoms with Gasteiger partial charge in [-0.3, -0.25) is 0 Å². The summed E-state index contributed by atoms with van der Waals surface area (Å²) >= 11 is 0.